The molecule has 2 heterocycles. The van der Waals surface area contributed by atoms with Gasteiger partial charge in [-0.15, -0.1) is 11.3 Å². The molecular formula is C19H23ClN2O5S2. The Morgan fingerprint density at radius 1 is 1.24 bits per heavy atom. The van der Waals surface area contributed by atoms with E-state index in [1.165, 1.54) is 16.4 Å². The fourth-order valence-corrected chi connectivity index (χ4v) is 6.47. The topological polar surface area (TPSA) is 84.9 Å². The minimum atomic E-state index is -3.79. The van der Waals surface area contributed by atoms with Gasteiger partial charge >= 0.3 is 0 Å². The van der Waals surface area contributed by atoms with Gasteiger partial charge in [0.25, 0.3) is 10.0 Å². The number of carbonyl (C=O) groups excluding carboxylic acids is 1. The van der Waals surface area contributed by atoms with Crippen molar-refractivity contribution in [2.24, 2.45) is 0 Å². The second-order valence-electron chi connectivity index (χ2n) is 6.35. The average Bonchev–Trinajstić information content (AvgIpc) is 3.34. The highest BCUT2D eigenvalue weighted by molar-refractivity contribution is 7.91. The van der Waals surface area contributed by atoms with Crippen LogP contribution in [0, 0.1) is 0 Å². The van der Waals surface area contributed by atoms with Crippen molar-refractivity contribution in [2.75, 3.05) is 25.1 Å². The highest BCUT2D eigenvalue weighted by Crippen LogP contribution is 2.34. The maximum absolute atomic E-state index is 13.0. The first-order valence-corrected chi connectivity index (χ1v) is 12.0. The molecule has 0 radical (unpaired) electrons. The van der Waals surface area contributed by atoms with Crippen molar-refractivity contribution in [1.82, 2.24) is 4.31 Å². The van der Waals surface area contributed by atoms with E-state index in [2.05, 4.69) is 5.32 Å². The molecule has 7 nitrogen and oxygen atoms in total. The van der Waals surface area contributed by atoms with Crippen molar-refractivity contribution in [2.45, 2.75) is 36.9 Å². The summed E-state index contributed by atoms with van der Waals surface area (Å²) in [6.45, 7) is 4.92. The van der Waals surface area contributed by atoms with Crippen LogP contribution in [0.2, 0.25) is 4.34 Å². The van der Waals surface area contributed by atoms with Gasteiger partial charge in [-0.2, -0.15) is 4.31 Å². The Morgan fingerprint density at radius 3 is 2.66 bits per heavy atom. The molecule has 0 saturated carbocycles. The Kier molecular flexibility index (Phi) is 7.05. The van der Waals surface area contributed by atoms with Crippen LogP contribution in [0.5, 0.6) is 11.5 Å². The number of benzene rings is 1. The number of hydrogen-bond acceptors (Lipinski definition) is 6. The maximum Gasteiger partial charge on any atom is 0.253 e. The molecule has 29 heavy (non-hydrogen) atoms. The van der Waals surface area contributed by atoms with Gasteiger partial charge in [-0.3, -0.25) is 4.79 Å². The number of carbonyl (C=O) groups is 1. The van der Waals surface area contributed by atoms with Crippen molar-refractivity contribution in [3.63, 3.8) is 0 Å². The monoisotopic (exact) mass is 458 g/mol. The van der Waals surface area contributed by atoms with Gasteiger partial charge in [0.05, 0.1) is 23.2 Å². The number of hydrogen-bond donors (Lipinski definition) is 1. The number of halogens is 1. The largest absolute Gasteiger partial charge is 0.494 e. The molecule has 0 unspecified atom stereocenters. The summed E-state index contributed by atoms with van der Waals surface area (Å²) in [4.78, 5) is 13.0. The van der Waals surface area contributed by atoms with E-state index in [0.29, 0.717) is 47.6 Å². The molecule has 0 spiro atoms. The number of amides is 1. The highest BCUT2D eigenvalue weighted by Gasteiger charge is 2.40. The van der Waals surface area contributed by atoms with Crippen LogP contribution in [0.4, 0.5) is 5.69 Å². The summed E-state index contributed by atoms with van der Waals surface area (Å²) in [6, 6.07) is 7.37. The van der Waals surface area contributed by atoms with Gasteiger partial charge < -0.3 is 14.8 Å². The minimum Gasteiger partial charge on any atom is -0.494 e. The van der Waals surface area contributed by atoms with Gasteiger partial charge in [0.2, 0.25) is 5.91 Å². The number of ether oxygens (including phenoxy) is 2. The van der Waals surface area contributed by atoms with Crippen LogP contribution in [0.3, 0.4) is 0 Å². The zero-order chi connectivity index (χ0) is 21.0. The standard InChI is InChI=1S/C19H23ClN2O5S2/c1-3-26-13-7-8-16(27-4-2)14(12-13)21-19(23)15-6-5-11-22(15)29(24,25)18-10-9-17(20)28-18/h7-10,12,15H,3-6,11H2,1-2H3,(H,21,23)/t15-/m1/s1. The zero-order valence-corrected chi connectivity index (χ0v) is 18.6. The van der Waals surface area contributed by atoms with E-state index < -0.39 is 22.0 Å². The third kappa shape index (κ3) is 4.85. The molecular weight excluding hydrogens is 436 g/mol. The summed E-state index contributed by atoms with van der Waals surface area (Å²) in [6.07, 6.45) is 1.05. The molecule has 1 aliphatic rings. The number of thiophene rings is 1. The lowest BCUT2D eigenvalue weighted by Crippen LogP contribution is -2.42. The molecule has 10 heteroatoms. The second-order valence-corrected chi connectivity index (χ2v) is 10.2. The van der Waals surface area contributed by atoms with E-state index >= 15 is 0 Å². The first kappa shape index (κ1) is 21.9. The van der Waals surface area contributed by atoms with Crippen LogP contribution in [-0.4, -0.2) is 44.4 Å². The van der Waals surface area contributed by atoms with E-state index in [1.54, 1.807) is 18.2 Å². The molecule has 0 aliphatic carbocycles. The Balaban J connectivity index is 1.83. The third-order valence-electron chi connectivity index (χ3n) is 4.44. The van der Waals surface area contributed by atoms with Crippen molar-refractivity contribution in [3.05, 3.63) is 34.7 Å². The van der Waals surface area contributed by atoms with E-state index in [-0.39, 0.29) is 10.8 Å². The molecule has 1 fully saturated rings. The van der Waals surface area contributed by atoms with Crippen molar-refractivity contribution < 1.29 is 22.7 Å². The van der Waals surface area contributed by atoms with Crippen LogP contribution in [0.1, 0.15) is 26.7 Å². The van der Waals surface area contributed by atoms with Gasteiger partial charge in [0.1, 0.15) is 21.8 Å². The van der Waals surface area contributed by atoms with Crippen LogP contribution < -0.4 is 14.8 Å². The molecule has 3 rings (SSSR count). The quantitative estimate of drug-likeness (QED) is 0.646. The van der Waals surface area contributed by atoms with E-state index in [4.69, 9.17) is 21.1 Å². The molecule has 1 amide bonds. The van der Waals surface area contributed by atoms with Crippen molar-refractivity contribution >= 4 is 44.6 Å². The van der Waals surface area contributed by atoms with Crippen LogP contribution in [-0.2, 0) is 14.8 Å². The lowest BCUT2D eigenvalue weighted by Gasteiger charge is -2.23. The number of sulfonamides is 1. The van der Waals surface area contributed by atoms with Gasteiger partial charge in [-0.1, -0.05) is 11.6 Å². The lowest BCUT2D eigenvalue weighted by molar-refractivity contribution is -0.119. The fraction of sp³-hybridized carbons (Fsp3) is 0.421. The first-order valence-electron chi connectivity index (χ1n) is 9.34. The average molecular weight is 459 g/mol. The minimum absolute atomic E-state index is 0.135. The number of nitrogens with one attached hydrogen (secondary N) is 1. The Labute approximate surface area is 179 Å². The summed E-state index contributed by atoms with van der Waals surface area (Å²) < 4.78 is 38.8. The molecule has 1 aliphatic heterocycles. The molecule has 1 saturated heterocycles. The normalized spacial score (nSPS) is 17.3. The molecule has 0 bridgehead atoms. The smallest absolute Gasteiger partial charge is 0.253 e. The molecule has 1 N–H and O–H groups in total. The zero-order valence-electron chi connectivity index (χ0n) is 16.2. The van der Waals surface area contributed by atoms with Crippen LogP contribution in [0.25, 0.3) is 0 Å². The van der Waals surface area contributed by atoms with Crippen LogP contribution >= 0.6 is 22.9 Å². The summed E-state index contributed by atoms with van der Waals surface area (Å²) in [7, 11) is -3.79. The molecule has 2 aromatic rings. The number of anilines is 1. The van der Waals surface area contributed by atoms with Gasteiger partial charge in [-0.25, -0.2) is 8.42 Å². The summed E-state index contributed by atoms with van der Waals surface area (Å²) in [5, 5.41) is 2.82. The summed E-state index contributed by atoms with van der Waals surface area (Å²) >= 11 is 6.88. The van der Waals surface area contributed by atoms with Gasteiger partial charge in [-0.05, 0) is 51.0 Å². The van der Waals surface area contributed by atoms with Crippen molar-refractivity contribution in [3.8, 4) is 11.5 Å². The molecule has 1 aromatic carbocycles. The SMILES string of the molecule is CCOc1ccc(OCC)c(NC(=O)[C@H]2CCCN2S(=O)(=O)c2ccc(Cl)s2)c1. The Morgan fingerprint density at radius 2 is 2.00 bits per heavy atom. The number of nitrogens with zero attached hydrogens (tertiary/aromatic N) is 1. The second kappa shape index (κ2) is 9.34. The molecule has 1 aromatic heterocycles. The van der Waals surface area contributed by atoms with E-state index in [0.717, 1.165) is 11.3 Å². The van der Waals surface area contributed by atoms with E-state index in [1.807, 2.05) is 13.8 Å². The van der Waals surface area contributed by atoms with Crippen molar-refractivity contribution in [1.29, 1.82) is 0 Å². The Bertz CT molecular complexity index is 977. The predicted octanol–water partition coefficient (Wildman–Crippen LogP) is 3.99. The molecule has 1 atom stereocenters. The number of rotatable bonds is 8. The third-order valence-corrected chi connectivity index (χ3v) is 8.04. The fourth-order valence-electron chi connectivity index (χ4n) is 3.20. The predicted molar refractivity (Wildman–Crippen MR) is 114 cm³/mol. The summed E-state index contributed by atoms with van der Waals surface area (Å²) in [5.41, 5.74) is 0.450. The van der Waals surface area contributed by atoms with Gasteiger partial charge in [0.15, 0.2) is 0 Å². The Hall–Kier alpha value is -1.81. The lowest BCUT2D eigenvalue weighted by atomic mass is 10.2. The van der Waals surface area contributed by atoms with Gasteiger partial charge in [0, 0.05) is 12.6 Å². The molecule has 158 valence electrons. The van der Waals surface area contributed by atoms with Crippen LogP contribution in [0.15, 0.2) is 34.5 Å². The first-order chi connectivity index (χ1) is 13.9. The highest BCUT2D eigenvalue weighted by atomic mass is 35.5. The maximum atomic E-state index is 13.0. The van der Waals surface area contributed by atoms with E-state index in [9.17, 15) is 13.2 Å². The summed E-state index contributed by atoms with van der Waals surface area (Å²) in [5.74, 6) is 0.695.